The van der Waals surface area contributed by atoms with Gasteiger partial charge in [-0.3, -0.25) is 14.7 Å². The maximum absolute atomic E-state index is 12.7. The van der Waals surface area contributed by atoms with Gasteiger partial charge in [-0.25, -0.2) is 0 Å². The van der Waals surface area contributed by atoms with Crippen LogP contribution in [-0.4, -0.2) is 46.9 Å². The standard InChI is InChI=1S/C19H19ClF3N3O/c20-16-6-7-24-17(12-16)18(27)26-9-1-8-25(10-11-26)13-14-2-4-15(5-3-14)19(21,22)23/h2-7,12H,1,8-11,13H2. The van der Waals surface area contributed by atoms with Crippen LogP contribution in [0, 0.1) is 0 Å². The van der Waals surface area contributed by atoms with Gasteiger partial charge in [-0.15, -0.1) is 0 Å². The van der Waals surface area contributed by atoms with Crippen molar-refractivity contribution in [3.63, 3.8) is 0 Å². The number of nitrogens with zero attached hydrogens (tertiary/aromatic N) is 3. The van der Waals surface area contributed by atoms with Crippen molar-refractivity contribution in [3.05, 3.63) is 64.4 Å². The molecule has 0 bridgehead atoms. The van der Waals surface area contributed by atoms with Crippen LogP contribution in [0.4, 0.5) is 13.2 Å². The van der Waals surface area contributed by atoms with Gasteiger partial charge < -0.3 is 4.90 Å². The summed E-state index contributed by atoms with van der Waals surface area (Å²) in [7, 11) is 0. The lowest BCUT2D eigenvalue weighted by Crippen LogP contribution is -2.35. The van der Waals surface area contributed by atoms with E-state index in [0.717, 1.165) is 30.7 Å². The highest BCUT2D eigenvalue weighted by Crippen LogP contribution is 2.29. The molecule has 2 aromatic rings. The van der Waals surface area contributed by atoms with Crippen LogP contribution in [0.25, 0.3) is 0 Å². The summed E-state index contributed by atoms with van der Waals surface area (Å²) < 4.78 is 38.0. The number of hydrogen-bond donors (Lipinski definition) is 0. The number of carbonyl (C=O) groups is 1. The molecule has 144 valence electrons. The maximum atomic E-state index is 12.7. The molecule has 0 atom stereocenters. The molecule has 1 fully saturated rings. The Hall–Kier alpha value is -2.12. The molecule has 0 N–H and O–H groups in total. The molecule has 0 aliphatic carbocycles. The van der Waals surface area contributed by atoms with Crippen molar-refractivity contribution < 1.29 is 18.0 Å². The van der Waals surface area contributed by atoms with Gasteiger partial charge in [-0.2, -0.15) is 13.2 Å². The minimum atomic E-state index is -4.32. The van der Waals surface area contributed by atoms with Crippen molar-refractivity contribution in [2.45, 2.75) is 19.1 Å². The molecule has 2 heterocycles. The molecule has 4 nitrogen and oxygen atoms in total. The first-order valence-electron chi connectivity index (χ1n) is 8.62. The van der Waals surface area contributed by atoms with Gasteiger partial charge in [-0.1, -0.05) is 23.7 Å². The van der Waals surface area contributed by atoms with Crippen molar-refractivity contribution in [1.82, 2.24) is 14.8 Å². The van der Waals surface area contributed by atoms with Gasteiger partial charge in [0.15, 0.2) is 0 Å². The fourth-order valence-electron chi connectivity index (χ4n) is 3.07. The number of halogens is 4. The molecule has 0 unspecified atom stereocenters. The van der Waals surface area contributed by atoms with E-state index in [4.69, 9.17) is 11.6 Å². The summed E-state index contributed by atoms with van der Waals surface area (Å²) in [4.78, 5) is 20.5. The third kappa shape index (κ3) is 5.20. The highest BCUT2D eigenvalue weighted by atomic mass is 35.5. The van der Waals surface area contributed by atoms with Gasteiger partial charge in [-0.05, 0) is 36.2 Å². The maximum Gasteiger partial charge on any atom is 0.416 e. The molecule has 1 aliphatic rings. The Kier molecular flexibility index (Phi) is 6.01. The molecule has 27 heavy (non-hydrogen) atoms. The van der Waals surface area contributed by atoms with E-state index >= 15 is 0 Å². The van der Waals surface area contributed by atoms with Crippen LogP contribution in [0.3, 0.4) is 0 Å². The Morgan fingerprint density at radius 2 is 1.81 bits per heavy atom. The zero-order valence-corrected chi connectivity index (χ0v) is 15.3. The summed E-state index contributed by atoms with van der Waals surface area (Å²) in [6.07, 6.45) is -2.03. The second-order valence-electron chi connectivity index (χ2n) is 6.48. The van der Waals surface area contributed by atoms with Crippen LogP contribution in [0.5, 0.6) is 0 Å². The van der Waals surface area contributed by atoms with Crippen LogP contribution in [0.2, 0.25) is 5.02 Å². The lowest BCUT2D eigenvalue weighted by Gasteiger charge is -2.22. The third-order valence-electron chi connectivity index (χ3n) is 4.50. The predicted molar refractivity (Wildman–Crippen MR) is 96.5 cm³/mol. The quantitative estimate of drug-likeness (QED) is 0.782. The summed E-state index contributed by atoms with van der Waals surface area (Å²) in [5.41, 5.74) is 0.492. The summed E-state index contributed by atoms with van der Waals surface area (Å²) in [6.45, 7) is 3.11. The number of rotatable bonds is 3. The number of amides is 1. The average Bonchev–Trinajstić information content (AvgIpc) is 2.86. The second kappa shape index (κ2) is 8.27. The first kappa shape index (κ1) is 19.6. The monoisotopic (exact) mass is 397 g/mol. The number of hydrogen-bond acceptors (Lipinski definition) is 3. The van der Waals surface area contributed by atoms with E-state index in [2.05, 4.69) is 9.88 Å². The summed E-state index contributed by atoms with van der Waals surface area (Å²) >= 11 is 5.92. The number of aromatic nitrogens is 1. The topological polar surface area (TPSA) is 36.4 Å². The molecular weight excluding hydrogens is 379 g/mol. The Balaban J connectivity index is 1.59. The largest absolute Gasteiger partial charge is 0.416 e. The molecule has 1 saturated heterocycles. The van der Waals surface area contributed by atoms with E-state index in [0.29, 0.717) is 36.9 Å². The lowest BCUT2D eigenvalue weighted by atomic mass is 10.1. The molecule has 0 saturated carbocycles. The zero-order valence-electron chi connectivity index (χ0n) is 14.5. The first-order chi connectivity index (χ1) is 12.8. The van der Waals surface area contributed by atoms with Crippen molar-refractivity contribution in [2.24, 2.45) is 0 Å². The van der Waals surface area contributed by atoms with Gasteiger partial charge >= 0.3 is 6.18 Å². The molecule has 0 spiro atoms. The van der Waals surface area contributed by atoms with E-state index in [1.807, 2.05) is 0 Å². The summed E-state index contributed by atoms with van der Waals surface area (Å²) in [6, 6.07) is 8.39. The van der Waals surface area contributed by atoms with Crippen LogP contribution >= 0.6 is 11.6 Å². The number of benzene rings is 1. The summed E-state index contributed by atoms with van der Waals surface area (Å²) in [5.74, 6) is -0.158. The Bertz CT molecular complexity index is 796. The Morgan fingerprint density at radius 3 is 2.48 bits per heavy atom. The van der Waals surface area contributed by atoms with E-state index in [1.165, 1.54) is 18.3 Å². The second-order valence-corrected chi connectivity index (χ2v) is 6.91. The van der Waals surface area contributed by atoms with Crippen molar-refractivity contribution in [3.8, 4) is 0 Å². The van der Waals surface area contributed by atoms with Gasteiger partial charge in [0.2, 0.25) is 0 Å². The van der Waals surface area contributed by atoms with E-state index < -0.39 is 11.7 Å². The highest BCUT2D eigenvalue weighted by Gasteiger charge is 2.30. The van der Waals surface area contributed by atoms with E-state index in [1.54, 1.807) is 17.0 Å². The third-order valence-corrected chi connectivity index (χ3v) is 4.74. The Labute approximate surface area is 160 Å². The average molecular weight is 398 g/mol. The minimum absolute atomic E-state index is 0.158. The van der Waals surface area contributed by atoms with Crippen LogP contribution in [0.15, 0.2) is 42.6 Å². The fraction of sp³-hybridized carbons (Fsp3) is 0.368. The number of pyridine rings is 1. The molecular formula is C19H19ClF3N3O. The molecule has 1 aromatic heterocycles. The van der Waals surface area contributed by atoms with Gasteiger partial charge in [0.25, 0.3) is 5.91 Å². The van der Waals surface area contributed by atoms with Crippen LogP contribution in [-0.2, 0) is 12.7 Å². The minimum Gasteiger partial charge on any atom is -0.336 e. The van der Waals surface area contributed by atoms with E-state index in [-0.39, 0.29) is 5.91 Å². The predicted octanol–water partition coefficient (Wildman–Crippen LogP) is 4.10. The smallest absolute Gasteiger partial charge is 0.336 e. The van der Waals surface area contributed by atoms with Gasteiger partial charge in [0, 0.05) is 43.9 Å². The van der Waals surface area contributed by atoms with Gasteiger partial charge in [0.05, 0.1) is 5.56 Å². The highest BCUT2D eigenvalue weighted by molar-refractivity contribution is 6.30. The van der Waals surface area contributed by atoms with Gasteiger partial charge in [0.1, 0.15) is 5.69 Å². The van der Waals surface area contributed by atoms with Crippen LogP contribution in [0.1, 0.15) is 28.0 Å². The number of carbonyl (C=O) groups excluding carboxylic acids is 1. The lowest BCUT2D eigenvalue weighted by molar-refractivity contribution is -0.137. The Morgan fingerprint density at radius 1 is 1.07 bits per heavy atom. The molecule has 3 rings (SSSR count). The fourth-order valence-corrected chi connectivity index (χ4v) is 3.23. The van der Waals surface area contributed by atoms with Crippen molar-refractivity contribution in [1.29, 1.82) is 0 Å². The number of alkyl halides is 3. The normalized spacial score (nSPS) is 16.2. The zero-order chi connectivity index (χ0) is 19.4. The first-order valence-corrected chi connectivity index (χ1v) is 9.00. The SMILES string of the molecule is O=C(c1cc(Cl)ccn1)N1CCCN(Cc2ccc(C(F)(F)F)cc2)CC1. The molecule has 1 aliphatic heterocycles. The summed E-state index contributed by atoms with van der Waals surface area (Å²) in [5, 5.41) is 0.465. The molecule has 8 heteroatoms. The van der Waals surface area contributed by atoms with Crippen molar-refractivity contribution >= 4 is 17.5 Å². The van der Waals surface area contributed by atoms with E-state index in [9.17, 15) is 18.0 Å². The molecule has 0 radical (unpaired) electrons. The molecule has 1 amide bonds. The molecule has 1 aromatic carbocycles. The van der Waals surface area contributed by atoms with Crippen LogP contribution < -0.4 is 0 Å². The van der Waals surface area contributed by atoms with Crippen molar-refractivity contribution in [2.75, 3.05) is 26.2 Å².